The van der Waals surface area contributed by atoms with Gasteiger partial charge in [0.05, 0.1) is 18.3 Å². The van der Waals surface area contributed by atoms with Crippen molar-refractivity contribution in [1.29, 1.82) is 0 Å². The number of rotatable bonds is 4. The molecule has 0 aliphatic rings. The van der Waals surface area contributed by atoms with Crippen molar-refractivity contribution in [3.8, 4) is 5.75 Å². The second-order valence-corrected chi connectivity index (χ2v) is 6.49. The van der Waals surface area contributed by atoms with Crippen LogP contribution in [0.25, 0.3) is 21.8 Å². The summed E-state index contributed by atoms with van der Waals surface area (Å²) in [4.78, 5) is 6.11. The van der Waals surface area contributed by atoms with Crippen molar-refractivity contribution in [2.45, 2.75) is 11.3 Å². The van der Waals surface area contributed by atoms with Crippen LogP contribution in [-0.4, -0.2) is 28.5 Å². The number of nitrogens with one attached hydrogen (secondary N) is 1. The van der Waals surface area contributed by atoms with E-state index in [-0.39, 0.29) is 0 Å². The van der Waals surface area contributed by atoms with Gasteiger partial charge in [0, 0.05) is 28.3 Å². The molecule has 0 saturated carbocycles. The highest BCUT2D eigenvalue weighted by atomic mass is 32.2. The molecule has 4 rings (SSSR count). The third kappa shape index (κ3) is 2.61. The fraction of sp³-hybridized carbons (Fsp3) is 0.158. The van der Waals surface area contributed by atoms with Crippen molar-refractivity contribution in [2.75, 3.05) is 13.4 Å². The molecule has 5 heteroatoms. The molecule has 120 valence electrons. The number of nitrogens with zero attached hydrogens (tertiary/aromatic N) is 2. The Morgan fingerprint density at radius 3 is 2.67 bits per heavy atom. The van der Waals surface area contributed by atoms with Gasteiger partial charge in [-0.15, -0.1) is 11.8 Å². The Kier molecular flexibility index (Phi) is 3.86. The topological polar surface area (TPSA) is 50.8 Å². The molecule has 0 bridgehead atoms. The van der Waals surface area contributed by atoms with Crippen molar-refractivity contribution >= 4 is 33.6 Å². The number of H-pyrrole nitrogens is 1. The quantitative estimate of drug-likeness (QED) is 0.561. The third-order valence-electron chi connectivity index (χ3n) is 4.19. The minimum Gasteiger partial charge on any atom is -0.497 e. The maximum Gasteiger partial charge on any atom is 0.118 e. The Morgan fingerprint density at radius 1 is 1.08 bits per heavy atom. The molecule has 0 amide bonds. The average Bonchev–Trinajstić information content (AvgIpc) is 3.12. The number of thioether (sulfide) groups is 1. The predicted octanol–water partition coefficient (Wildman–Crippen LogP) is 4.43. The molecular weight excluding hydrogens is 318 g/mol. The van der Waals surface area contributed by atoms with Gasteiger partial charge in [-0.2, -0.15) is 5.10 Å². The lowest BCUT2D eigenvalue weighted by molar-refractivity contribution is 0.414. The van der Waals surface area contributed by atoms with Crippen molar-refractivity contribution < 1.29 is 4.74 Å². The maximum absolute atomic E-state index is 5.23. The molecule has 2 heterocycles. The van der Waals surface area contributed by atoms with Crippen LogP contribution >= 0.6 is 11.8 Å². The number of ether oxygens (including phenoxy) is 1. The largest absolute Gasteiger partial charge is 0.497 e. The molecule has 1 N–H and O–H groups in total. The van der Waals surface area contributed by atoms with E-state index in [4.69, 9.17) is 9.72 Å². The van der Waals surface area contributed by atoms with Crippen LogP contribution in [0, 0.1) is 0 Å². The molecule has 2 aromatic carbocycles. The van der Waals surface area contributed by atoms with Gasteiger partial charge in [-0.25, -0.2) is 0 Å². The summed E-state index contributed by atoms with van der Waals surface area (Å²) in [6.45, 7) is 0. The van der Waals surface area contributed by atoms with Crippen molar-refractivity contribution in [2.24, 2.45) is 0 Å². The van der Waals surface area contributed by atoms with E-state index in [9.17, 15) is 0 Å². The lowest BCUT2D eigenvalue weighted by Gasteiger charge is -2.07. The first-order chi connectivity index (χ1) is 11.8. The monoisotopic (exact) mass is 335 g/mol. The highest BCUT2D eigenvalue weighted by Crippen LogP contribution is 2.29. The molecule has 0 saturated heterocycles. The Labute approximate surface area is 144 Å². The fourth-order valence-corrected chi connectivity index (χ4v) is 3.37. The van der Waals surface area contributed by atoms with Crippen LogP contribution in [0.1, 0.15) is 11.3 Å². The van der Waals surface area contributed by atoms with Gasteiger partial charge < -0.3 is 4.74 Å². The normalized spacial score (nSPS) is 11.2. The number of hydrogen-bond donors (Lipinski definition) is 1. The number of methoxy groups -OCH3 is 1. The summed E-state index contributed by atoms with van der Waals surface area (Å²) in [5.74, 6) is 0.861. The minimum absolute atomic E-state index is 0.741. The second kappa shape index (κ2) is 6.17. The van der Waals surface area contributed by atoms with Gasteiger partial charge in [0.2, 0.25) is 0 Å². The van der Waals surface area contributed by atoms with Crippen LogP contribution in [0.5, 0.6) is 5.75 Å². The van der Waals surface area contributed by atoms with Crippen molar-refractivity contribution in [3.63, 3.8) is 0 Å². The van der Waals surface area contributed by atoms with Gasteiger partial charge in [0.15, 0.2) is 0 Å². The molecule has 0 atom stereocenters. The summed E-state index contributed by atoms with van der Waals surface area (Å²) in [5, 5.41) is 9.67. The van der Waals surface area contributed by atoms with E-state index in [0.29, 0.717) is 0 Å². The van der Waals surface area contributed by atoms with E-state index in [2.05, 4.69) is 46.8 Å². The summed E-state index contributed by atoms with van der Waals surface area (Å²) in [6, 6.07) is 14.5. The molecule has 4 nitrogen and oxygen atoms in total. The molecule has 2 aromatic heterocycles. The second-order valence-electron chi connectivity index (χ2n) is 5.61. The first kappa shape index (κ1) is 15.0. The smallest absolute Gasteiger partial charge is 0.118 e. The highest BCUT2D eigenvalue weighted by molar-refractivity contribution is 7.98. The van der Waals surface area contributed by atoms with Crippen LogP contribution in [0.2, 0.25) is 0 Å². The Balaban J connectivity index is 1.84. The summed E-state index contributed by atoms with van der Waals surface area (Å²) in [7, 11) is 1.68. The zero-order valence-electron chi connectivity index (χ0n) is 13.5. The summed E-state index contributed by atoms with van der Waals surface area (Å²) in [5.41, 5.74) is 4.13. The molecule has 0 radical (unpaired) electrons. The van der Waals surface area contributed by atoms with E-state index in [1.807, 2.05) is 18.3 Å². The third-order valence-corrected chi connectivity index (χ3v) is 4.92. The molecule has 0 fully saturated rings. The number of fused-ring (bicyclic) bond motifs is 3. The fourth-order valence-electron chi connectivity index (χ4n) is 2.93. The lowest BCUT2D eigenvalue weighted by Crippen LogP contribution is -1.96. The van der Waals surface area contributed by atoms with E-state index in [0.717, 1.165) is 39.7 Å². The summed E-state index contributed by atoms with van der Waals surface area (Å²) < 4.78 is 5.23. The van der Waals surface area contributed by atoms with E-state index < -0.39 is 0 Å². The van der Waals surface area contributed by atoms with Crippen LogP contribution < -0.4 is 4.74 Å². The van der Waals surface area contributed by atoms with Gasteiger partial charge in [0.25, 0.3) is 0 Å². The van der Waals surface area contributed by atoms with Crippen molar-refractivity contribution in [1.82, 2.24) is 15.2 Å². The van der Waals surface area contributed by atoms with Crippen molar-refractivity contribution in [3.05, 3.63) is 59.9 Å². The summed E-state index contributed by atoms with van der Waals surface area (Å²) >= 11 is 1.73. The average molecular weight is 335 g/mol. The van der Waals surface area contributed by atoms with Crippen LogP contribution in [0.15, 0.2) is 53.6 Å². The number of aromatic nitrogens is 3. The summed E-state index contributed by atoms with van der Waals surface area (Å²) in [6.07, 6.45) is 4.77. The zero-order chi connectivity index (χ0) is 16.5. The molecular formula is C19H17N3OS. The molecule has 0 spiro atoms. The Bertz CT molecular complexity index is 1010. The number of pyridine rings is 1. The molecule has 4 aromatic rings. The highest BCUT2D eigenvalue weighted by Gasteiger charge is 2.12. The predicted molar refractivity (Wildman–Crippen MR) is 99.0 cm³/mol. The number of hydrogen-bond acceptors (Lipinski definition) is 4. The maximum atomic E-state index is 5.23. The van der Waals surface area contributed by atoms with Crippen LogP contribution in [-0.2, 0) is 6.42 Å². The van der Waals surface area contributed by atoms with E-state index in [1.54, 1.807) is 18.9 Å². The van der Waals surface area contributed by atoms with Gasteiger partial charge >= 0.3 is 0 Å². The van der Waals surface area contributed by atoms with Crippen LogP contribution in [0.3, 0.4) is 0 Å². The molecule has 0 aliphatic heterocycles. The van der Waals surface area contributed by atoms with Gasteiger partial charge in [-0.1, -0.05) is 18.2 Å². The first-order valence-corrected chi connectivity index (χ1v) is 8.94. The van der Waals surface area contributed by atoms with Gasteiger partial charge in [-0.3, -0.25) is 10.1 Å². The zero-order valence-corrected chi connectivity index (χ0v) is 14.4. The Morgan fingerprint density at radius 2 is 1.92 bits per heavy atom. The standard InChI is InChI=1S/C19H17N3OS/c1-23-13-5-3-12(4-6-13)9-18-19-16(11-20-22-19)15-8-7-14(24-2)10-17(15)21-18/h3-8,10-11H,9H2,1-2H3,(H,20,22). The minimum atomic E-state index is 0.741. The van der Waals surface area contributed by atoms with Gasteiger partial charge in [0.1, 0.15) is 11.3 Å². The number of benzene rings is 2. The SMILES string of the molecule is COc1ccc(Cc2nc3cc(SC)ccc3c3c[nH]nc23)cc1. The van der Waals surface area contributed by atoms with Crippen LogP contribution in [0.4, 0.5) is 0 Å². The first-order valence-electron chi connectivity index (χ1n) is 7.71. The molecule has 0 unspecified atom stereocenters. The molecule has 24 heavy (non-hydrogen) atoms. The van der Waals surface area contributed by atoms with E-state index >= 15 is 0 Å². The number of aromatic amines is 1. The molecule has 0 aliphatic carbocycles. The lowest BCUT2D eigenvalue weighted by atomic mass is 10.0. The van der Waals surface area contributed by atoms with Gasteiger partial charge in [-0.05, 0) is 36.1 Å². The van der Waals surface area contributed by atoms with E-state index in [1.165, 1.54) is 10.5 Å². The Hall–Kier alpha value is -2.53.